The van der Waals surface area contributed by atoms with Crippen molar-refractivity contribution in [3.8, 4) is 0 Å². The standard InChI is InChI=1S/C12H25N/c1-3-11(4-2)10-13-9-5-6-12-7-8-12/h11-13H,3-10H2,1-2H3. The van der Waals surface area contributed by atoms with Gasteiger partial charge in [-0.3, -0.25) is 0 Å². The van der Waals surface area contributed by atoms with Crippen LogP contribution in [0, 0.1) is 11.8 Å². The molecular formula is C12H25N. The molecule has 0 unspecified atom stereocenters. The highest BCUT2D eigenvalue weighted by Gasteiger charge is 2.19. The van der Waals surface area contributed by atoms with E-state index in [2.05, 4.69) is 19.2 Å². The fourth-order valence-corrected chi connectivity index (χ4v) is 1.81. The summed E-state index contributed by atoms with van der Waals surface area (Å²) in [5.74, 6) is 2.01. The second kappa shape index (κ2) is 6.42. The van der Waals surface area contributed by atoms with Gasteiger partial charge in [-0.05, 0) is 37.8 Å². The van der Waals surface area contributed by atoms with Crippen LogP contribution in [0.25, 0.3) is 0 Å². The molecule has 0 amide bonds. The summed E-state index contributed by atoms with van der Waals surface area (Å²) in [6.45, 7) is 7.06. The highest BCUT2D eigenvalue weighted by molar-refractivity contribution is 4.73. The fourth-order valence-electron chi connectivity index (χ4n) is 1.81. The zero-order valence-corrected chi connectivity index (χ0v) is 9.31. The Kier molecular flexibility index (Phi) is 5.45. The van der Waals surface area contributed by atoms with E-state index in [1.807, 2.05) is 0 Å². The maximum Gasteiger partial charge on any atom is -0.00207 e. The van der Waals surface area contributed by atoms with Crippen LogP contribution in [0.3, 0.4) is 0 Å². The van der Waals surface area contributed by atoms with Gasteiger partial charge in [0.15, 0.2) is 0 Å². The van der Waals surface area contributed by atoms with Crippen molar-refractivity contribution < 1.29 is 0 Å². The van der Waals surface area contributed by atoms with Crippen LogP contribution in [0.4, 0.5) is 0 Å². The maximum atomic E-state index is 3.57. The van der Waals surface area contributed by atoms with Crippen LogP contribution < -0.4 is 5.32 Å². The van der Waals surface area contributed by atoms with E-state index in [9.17, 15) is 0 Å². The SMILES string of the molecule is CCC(CC)CNCCCC1CC1. The van der Waals surface area contributed by atoms with E-state index in [0.29, 0.717) is 0 Å². The van der Waals surface area contributed by atoms with Crippen molar-refractivity contribution in [2.24, 2.45) is 11.8 Å². The molecule has 1 rings (SSSR count). The second-order valence-corrected chi connectivity index (χ2v) is 4.47. The Labute approximate surface area is 83.3 Å². The quantitative estimate of drug-likeness (QED) is 0.570. The molecule has 1 aliphatic rings. The number of nitrogens with one attached hydrogen (secondary N) is 1. The van der Waals surface area contributed by atoms with E-state index in [1.54, 1.807) is 0 Å². The first kappa shape index (κ1) is 11.0. The average molecular weight is 183 g/mol. The third-order valence-electron chi connectivity index (χ3n) is 3.25. The van der Waals surface area contributed by atoms with Gasteiger partial charge in [0.25, 0.3) is 0 Å². The van der Waals surface area contributed by atoms with Crippen LogP contribution in [0.2, 0.25) is 0 Å². The van der Waals surface area contributed by atoms with Gasteiger partial charge in [0.2, 0.25) is 0 Å². The van der Waals surface area contributed by atoms with Crippen molar-refractivity contribution in [3.63, 3.8) is 0 Å². The van der Waals surface area contributed by atoms with E-state index in [0.717, 1.165) is 11.8 Å². The van der Waals surface area contributed by atoms with Gasteiger partial charge in [-0.15, -0.1) is 0 Å². The molecule has 1 heteroatoms. The highest BCUT2D eigenvalue weighted by Crippen LogP contribution is 2.33. The Bertz CT molecular complexity index is 114. The first-order valence-corrected chi connectivity index (χ1v) is 6.07. The Morgan fingerprint density at radius 3 is 2.46 bits per heavy atom. The van der Waals surface area contributed by atoms with E-state index >= 15 is 0 Å². The van der Waals surface area contributed by atoms with Crippen LogP contribution in [0.15, 0.2) is 0 Å². The topological polar surface area (TPSA) is 12.0 Å². The Morgan fingerprint density at radius 1 is 1.23 bits per heavy atom. The molecule has 0 aromatic heterocycles. The Balaban J connectivity index is 1.81. The Hall–Kier alpha value is -0.0400. The molecule has 0 radical (unpaired) electrons. The first-order valence-electron chi connectivity index (χ1n) is 6.07. The lowest BCUT2D eigenvalue weighted by atomic mass is 10.0. The van der Waals surface area contributed by atoms with E-state index in [1.165, 1.54) is 51.6 Å². The van der Waals surface area contributed by atoms with Crippen molar-refractivity contribution in [2.45, 2.75) is 52.4 Å². The molecule has 1 aliphatic carbocycles. The lowest BCUT2D eigenvalue weighted by molar-refractivity contribution is 0.443. The van der Waals surface area contributed by atoms with Crippen LogP contribution in [0.1, 0.15) is 52.4 Å². The molecular weight excluding hydrogens is 158 g/mol. The molecule has 0 spiro atoms. The normalized spacial score (nSPS) is 16.8. The van der Waals surface area contributed by atoms with Gasteiger partial charge in [0.1, 0.15) is 0 Å². The maximum absolute atomic E-state index is 3.57. The summed E-state index contributed by atoms with van der Waals surface area (Å²) < 4.78 is 0. The number of hydrogen-bond acceptors (Lipinski definition) is 1. The summed E-state index contributed by atoms with van der Waals surface area (Å²) in [7, 11) is 0. The second-order valence-electron chi connectivity index (χ2n) is 4.47. The van der Waals surface area contributed by atoms with Gasteiger partial charge in [0.05, 0.1) is 0 Å². The summed E-state index contributed by atoms with van der Waals surface area (Å²) in [5, 5.41) is 3.57. The lowest BCUT2D eigenvalue weighted by Gasteiger charge is -2.12. The number of hydrogen-bond donors (Lipinski definition) is 1. The monoisotopic (exact) mass is 183 g/mol. The molecule has 0 aromatic rings. The van der Waals surface area contributed by atoms with Crippen molar-refractivity contribution in [2.75, 3.05) is 13.1 Å². The van der Waals surface area contributed by atoms with Gasteiger partial charge in [-0.2, -0.15) is 0 Å². The van der Waals surface area contributed by atoms with Gasteiger partial charge in [-0.25, -0.2) is 0 Å². The summed E-state index contributed by atoms with van der Waals surface area (Å²) >= 11 is 0. The summed E-state index contributed by atoms with van der Waals surface area (Å²) in [4.78, 5) is 0. The molecule has 0 aliphatic heterocycles. The zero-order valence-electron chi connectivity index (χ0n) is 9.31. The van der Waals surface area contributed by atoms with Gasteiger partial charge in [0, 0.05) is 0 Å². The molecule has 0 bridgehead atoms. The summed E-state index contributed by atoms with van der Waals surface area (Å²) in [6.07, 6.45) is 8.53. The molecule has 1 N–H and O–H groups in total. The minimum atomic E-state index is 0.904. The molecule has 1 saturated carbocycles. The highest BCUT2D eigenvalue weighted by atomic mass is 14.8. The van der Waals surface area contributed by atoms with E-state index in [-0.39, 0.29) is 0 Å². The third-order valence-corrected chi connectivity index (χ3v) is 3.25. The predicted octanol–water partition coefficient (Wildman–Crippen LogP) is 3.20. The van der Waals surface area contributed by atoms with Crippen LogP contribution in [0.5, 0.6) is 0 Å². The molecule has 0 saturated heterocycles. The van der Waals surface area contributed by atoms with Crippen molar-refractivity contribution >= 4 is 0 Å². The minimum Gasteiger partial charge on any atom is -0.316 e. The van der Waals surface area contributed by atoms with Crippen LogP contribution >= 0.6 is 0 Å². The molecule has 0 atom stereocenters. The van der Waals surface area contributed by atoms with Crippen LogP contribution in [-0.4, -0.2) is 13.1 Å². The summed E-state index contributed by atoms with van der Waals surface area (Å²) in [6, 6.07) is 0. The van der Waals surface area contributed by atoms with Crippen molar-refractivity contribution in [1.82, 2.24) is 5.32 Å². The van der Waals surface area contributed by atoms with E-state index in [4.69, 9.17) is 0 Å². The average Bonchev–Trinajstić information content (AvgIpc) is 2.95. The largest absolute Gasteiger partial charge is 0.316 e. The predicted molar refractivity (Wildman–Crippen MR) is 58.9 cm³/mol. The van der Waals surface area contributed by atoms with Gasteiger partial charge in [-0.1, -0.05) is 39.5 Å². The molecule has 78 valence electrons. The molecule has 0 aromatic carbocycles. The molecule has 0 heterocycles. The molecule has 1 nitrogen and oxygen atoms in total. The Morgan fingerprint density at radius 2 is 1.92 bits per heavy atom. The molecule has 13 heavy (non-hydrogen) atoms. The van der Waals surface area contributed by atoms with Crippen molar-refractivity contribution in [3.05, 3.63) is 0 Å². The lowest BCUT2D eigenvalue weighted by Crippen LogP contribution is -2.23. The van der Waals surface area contributed by atoms with Crippen LogP contribution in [-0.2, 0) is 0 Å². The number of rotatable bonds is 8. The zero-order chi connectivity index (χ0) is 9.52. The van der Waals surface area contributed by atoms with E-state index < -0.39 is 0 Å². The fraction of sp³-hybridized carbons (Fsp3) is 1.00. The van der Waals surface area contributed by atoms with Gasteiger partial charge < -0.3 is 5.32 Å². The third kappa shape index (κ3) is 5.30. The van der Waals surface area contributed by atoms with Crippen molar-refractivity contribution in [1.29, 1.82) is 0 Å². The van der Waals surface area contributed by atoms with Gasteiger partial charge >= 0.3 is 0 Å². The molecule has 1 fully saturated rings. The first-order chi connectivity index (χ1) is 6.36. The smallest absolute Gasteiger partial charge is 0.00207 e. The minimum absolute atomic E-state index is 0.904. The summed E-state index contributed by atoms with van der Waals surface area (Å²) in [5.41, 5.74) is 0.